The maximum atomic E-state index is 13.7. The number of nitrogens with one attached hydrogen (secondary N) is 2. The van der Waals surface area contributed by atoms with Crippen LogP contribution in [0.3, 0.4) is 0 Å². The molecule has 0 radical (unpaired) electrons. The molecule has 2 aromatic rings. The number of amides is 1. The van der Waals surface area contributed by atoms with Gasteiger partial charge in [0, 0.05) is 16.2 Å². The SMILES string of the molecule is CCOC(=O)C(Cc1ccc(-c2ccccc2)s1)NC(=O)C1(NC(=S)C(C(C)=O)C(C)C)CCCC1. The Morgan fingerprint density at radius 2 is 1.75 bits per heavy atom. The van der Waals surface area contributed by atoms with E-state index in [4.69, 9.17) is 17.0 Å². The van der Waals surface area contributed by atoms with Gasteiger partial charge in [0.1, 0.15) is 17.4 Å². The summed E-state index contributed by atoms with van der Waals surface area (Å²) >= 11 is 7.21. The second-order valence-electron chi connectivity index (χ2n) is 9.73. The Labute approximate surface area is 223 Å². The molecule has 0 saturated heterocycles. The summed E-state index contributed by atoms with van der Waals surface area (Å²) in [7, 11) is 0. The fraction of sp³-hybridized carbons (Fsp3) is 0.500. The van der Waals surface area contributed by atoms with Gasteiger partial charge in [-0.05, 0) is 50.3 Å². The Kier molecular flexibility index (Phi) is 9.79. The molecule has 1 aliphatic carbocycles. The topological polar surface area (TPSA) is 84.5 Å². The number of carbonyl (C=O) groups excluding carboxylic acids is 3. The maximum absolute atomic E-state index is 13.7. The highest BCUT2D eigenvalue weighted by Crippen LogP contribution is 2.32. The molecule has 2 atom stereocenters. The molecule has 36 heavy (non-hydrogen) atoms. The first kappa shape index (κ1) is 28.0. The highest BCUT2D eigenvalue weighted by molar-refractivity contribution is 7.80. The molecule has 2 N–H and O–H groups in total. The number of ketones is 1. The Morgan fingerprint density at radius 1 is 1.08 bits per heavy atom. The summed E-state index contributed by atoms with van der Waals surface area (Å²) in [5.41, 5.74) is 0.174. The molecule has 6 nitrogen and oxygen atoms in total. The molecule has 1 heterocycles. The van der Waals surface area contributed by atoms with Gasteiger partial charge in [0.05, 0.1) is 17.5 Å². The van der Waals surface area contributed by atoms with E-state index in [1.165, 1.54) is 6.92 Å². The Bertz CT molecular complexity index is 1070. The van der Waals surface area contributed by atoms with Gasteiger partial charge in [0.15, 0.2) is 0 Å². The van der Waals surface area contributed by atoms with Crippen LogP contribution >= 0.6 is 23.6 Å². The van der Waals surface area contributed by atoms with Crippen molar-refractivity contribution in [2.24, 2.45) is 11.8 Å². The summed E-state index contributed by atoms with van der Waals surface area (Å²) in [4.78, 5) is 41.3. The number of carbonyl (C=O) groups is 3. The lowest BCUT2D eigenvalue weighted by Gasteiger charge is -2.34. The highest BCUT2D eigenvalue weighted by atomic mass is 32.1. The van der Waals surface area contributed by atoms with E-state index in [1.807, 2.05) is 56.3 Å². The summed E-state index contributed by atoms with van der Waals surface area (Å²) in [6, 6.07) is 13.3. The lowest BCUT2D eigenvalue weighted by atomic mass is 9.89. The second-order valence-corrected chi connectivity index (χ2v) is 11.3. The molecule has 1 saturated carbocycles. The van der Waals surface area contributed by atoms with Crippen molar-refractivity contribution in [3.05, 3.63) is 47.3 Å². The third-order valence-electron chi connectivity index (χ3n) is 6.64. The lowest BCUT2D eigenvalue weighted by molar-refractivity contribution is -0.148. The molecule has 1 aliphatic rings. The minimum atomic E-state index is -0.935. The van der Waals surface area contributed by atoms with Crippen molar-refractivity contribution in [1.82, 2.24) is 10.6 Å². The molecule has 1 aromatic heterocycles. The number of Topliss-reactive ketones (excluding diaryl/α,β-unsaturated/α-hetero) is 1. The van der Waals surface area contributed by atoms with Crippen LogP contribution in [0.2, 0.25) is 0 Å². The molecule has 0 aliphatic heterocycles. The Hall–Kier alpha value is -2.58. The quantitative estimate of drug-likeness (QED) is 0.312. The minimum Gasteiger partial charge on any atom is -0.464 e. The number of thiophene rings is 1. The van der Waals surface area contributed by atoms with Crippen LogP contribution < -0.4 is 10.6 Å². The molecule has 1 aromatic carbocycles. The standard InChI is InChI=1S/C28H36N2O4S2/c1-5-34-26(32)22(17-21-13-14-23(36-21)20-11-7-6-8-12-20)29-27(33)28(15-9-10-16-28)30-25(35)24(18(2)3)19(4)31/h6-8,11-14,18,22,24H,5,9-10,15-17H2,1-4H3,(H,29,33)(H,30,35). The predicted molar refractivity (Wildman–Crippen MR) is 148 cm³/mol. The van der Waals surface area contributed by atoms with E-state index >= 15 is 0 Å². The molecule has 1 fully saturated rings. The number of ether oxygens (including phenoxy) is 1. The van der Waals surface area contributed by atoms with E-state index in [0.717, 1.165) is 28.2 Å². The number of rotatable bonds is 11. The molecule has 194 valence electrons. The largest absolute Gasteiger partial charge is 0.464 e. The first-order chi connectivity index (χ1) is 17.2. The van der Waals surface area contributed by atoms with E-state index in [2.05, 4.69) is 10.6 Å². The van der Waals surface area contributed by atoms with Crippen LogP contribution in [0.5, 0.6) is 0 Å². The van der Waals surface area contributed by atoms with E-state index in [9.17, 15) is 14.4 Å². The van der Waals surface area contributed by atoms with Gasteiger partial charge in [-0.25, -0.2) is 4.79 Å². The first-order valence-corrected chi connectivity index (χ1v) is 13.8. The van der Waals surface area contributed by atoms with Crippen molar-refractivity contribution in [3.8, 4) is 10.4 Å². The number of hydrogen-bond acceptors (Lipinski definition) is 6. The van der Waals surface area contributed by atoms with Crippen LogP contribution in [-0.2, 0) is 25.5 Å². The van der Waals surface area contributed by atoms with Gasteiger partial charge in [-0.1, -0.05) is 69.2 Å². The zero-order valence-corrected chi connectivity index (χ0v) is 23.1. The van der Waals surface area contributed by atoms with Crippen LogP contribution in [0.25, 0.3) is 10.4 Å². The molecule has 2 unspecified atom stereocenters. The molecular formula is C28H36N2O4S2. The molecule has 0 bridgehead atoms. The number of benzene rings is 1. The van der Waals surface area contributed by atoms with E-state index in [1.54, 1.807) is 18.3 Å². The second kappa shape index (κ2) is 12.6. The van der Waals surface area contributed by atoms with Gasteiger partial charge >= 0.3 is 5.97 Å². The highest BCUT2D eigenvalue weighted by Gasteiger charge is 2.44. The zero-order valence-electron chi connectivity index (χ0n) is 21.5. The van der Waals surface area contributed by atoms with Gasteiger partial charge < -0.3 is 15.4 Å². The lowest BCUT2D eigenvalue weighted by Crippen LogP contribution is -2.61. The fourth-order valence-electron chi connectivity index (χ4n) is 4.84. The van der Waals surface area contributed by atoms with Crippen molar-refractivity contribution in [2.75, 3.05) is 6.61 Å². The van der Waals surface area contributed by atoms with Crippen molar-refractivity contribution in [2.45, 2.75) is 71.4 Å². The summed E-state index contributed by atoms with van der Waals surface area (Å²) < 4.78 is 5.31. The van der Waals surface area contributed by atoms with Crippen LogP contribution in [0.1, 0.15) is 58.3 Å². The Morgan fingerprint density at radius 3 is 2.33 bits per heavy atom. The van der Waals surface area contributed by atoms with Crippen molar-refractivity contribution >= 4 is 46.2 Å². The summed E-state index contributed by atoms with van der Waals surface area (Å²) in [6.07, 6.45) is 3.25. The average molecular weight is 529 g/mol. The molecule has 3 rings (SSSR count). The first-order valence-electron chi connectivity index (χ1n) is 12.6. The van der Waals surface area contributed by atoms with E-state index < -0.39 is 23.5 Å². The van der Waals surface area contributed by atoms with E-state index in [0.29, 0.717) is 24.3 Å². The average Bonchev–Trinajstić information content (AvgIpc) is 3.49. The van der Waals surface area contributed by atoms with Crippen molar-refractivity contribution < 1.29 is 19.1 Å². The van der Waals surface area contributed by atoms with Gasteiger partial charge in [-0.3, -0.25) is 9.59 Å². The number of hydrogen-bond donors (Lipinski definition) is 2. The van der Waals surface area contributed by atoms with Crippen LogP contribution in [0, 0.1) is 11.8 Å². The van der Waals surface area contributed by atoms with Gasteiger partial charge in [0.25, 0.3) is 0 Å². The third kappa shape index (κ3) is 6.79. The predicted octanol–water partition coefficient (Wildman–Crippen LogP) is 5.10. The maximum Gasteiger partial charge on any atom is 0.329 e. The fourth-order valence-corrected chi connectivity index (χ4v) is 6.53. The van der Waals surface area contributed by atoms with Crippen LogP contribution in [0.15, 0.2) is 42.5 Å². The summed E-state index contributed by atoms with van der Waals surface area (Å²) in [6.45, 7) is 7.40. The van der Waals surface area contributed by atoms with Gasteiger partial charge in [-0.2, -0.15) is 0 Å². The molecule has 1 amide bonds. The number of esters is 1. The summed E-state index contributed by atoms with van der Waals surface area (Å²) in [5.74, 6) is -1.18. The molecular weight excluding hydrogens is 492 g/mol. The monoisotopic (exact) mass is 528 g/mol. The number of thiocarbonyl (C=S) groups is 1. The smallest absolute Gasteiger partial charge is 0.329 e. The molecule has 0 spiro atoms. The third-order valence-corrected chi connectivity index (χ3v) is 8.16. The van der Waals surface area contributed by atoms with Crippen LogP contribution in [0.4, 0.5) is 0 Å². The van der Waals surface area contributed by atoms with E-state index in [-0.39, 0.29) is 24.2 Å². The van der Waals surface area contributed by atoms with Crippen molar-refractivity contribution in [1.29, 1.82) is 0 Å². The van der Waals surface area contributed by atoms with Crippen molar-refractivity contribution in [3.63, 3.8) is 0 Å². The van der Waals surface area contributed by atoms with Gasteiger partial charge in [0.2, 0.25) is 5.91 Å². The molecule has 8 heteroatoms. The summed E-state index contributed by atoms with van der Waals surface area (Å²) in [5, 5.41) is 6.24. The van der Waals surface area contributed by atoms with Crippen LogP contribution in [-0.4, -0.2) is 40.8 Å². The Balaban J connectivity index is 1.79. The van der Waals surface area contributed by atoms with Gasteiger partial charge in [-0.15, -0.1) is 11.3 Å². The minimum absolute atomic E-state index is 0.0210. The zero-order chi connectivity index (χ0) is 26.3. The normalized spacial score (nSPS) is 16.2.